The third-order valence-corrected chi connectivity index (χ3v) is 5.50. The van der Waals surface area contributed by atoms with E-state index in [1.165, 1.54) is 0 Å². The Balaban J connectivity index is 2.85. The maximum Gasteiger partial charge on any atom is 0.310 e. The molecule has 0 bridgehead atoms. The second-order valence-corrected chi connectivity index (χ2v) is 9.28. The summed E-state index contributed by atoms with van der Waals surface area (Å²) in [6.07, 6.45) is 3.15. The van der Waals surface area contributed by atoms with Gasteiger partial charge in [0.1, 0.15) is 12.2 Å². The summed E-state index contributed by atoms with van der Waals surface area (Å²) in [6, 6.07) is 0. The highest BCUT2D eigenvalue weighted by Gasteiger charge is 2.40. The zero-order valence-electron chi connectivity index (χ0n) is 18.1. The molecule has 1 fully saturated rings. The van der Waals surface area contributed by atoms with Crippen LogP contribution in [0.2, 0.25) is 0 Å². The first-order valence-electron chi connectivity index (χ1n) is 10.5. The summed E-state index contributed by atoms with van der Waals surface area (Å²) in [5.74, 6) is -0.112. The van der Waals surface area contributed by atoms with Crippen LogP contribution in [-0.2, 0) is 19.1 Å². The number of hydrogen-bond acceptors (Lipinski definition) is 4. The Morgan fingerprint density at radius 2 is 0.885 bits per heavy atom. The molecule has 0 spiro atoms. The van der Waals surface area contributed by atoms with Gasteiger partial charge in [-0.2, -0.15) is 0 Å². The van der Waals surface area contributed by atoms with Crippen molar-refractivity contribution in [3.05, 3.63) is 0 Å². The van der Waals surface area contributed by atoms with E-state index in [0.29, 0.717) is 0 Å². The fourth-order valence-corrected chi connectivity index (χ4v) is 4.22. The Labute approximate surface area is 160 Å². The van der Waals surface area contributed by atoms with Gasteiger partial charge < -0.3 is 9.47 Å². The molecule has 0 heterocycles. The number of hydrogen-bond donors (Lipinski definition) is 0. The van der Waals surface area contributed by atoms with Gasteiger partial charge in [0.05, 0.1) is 11.8 Å². The van der Waals surface area contributed by atoms with Crippen molar-refractivity contribution in [2.24, 2.45) is 35.5 Å². The van der Waals surface area contributed by atoms with Gasteiger partial charge in [-0.3, -0.25) is 9.59 Å². The lowest BCUT2D eigenvalue weighted by molar-refractivity contribution is -0.173. The monoisotopic (exact) mass is 368 g/mol. The molecule has 26 heavy (non-hydrogen) atoms. The lowest BCUT2D eigenvalue weighted by Crippen LogP contribution is -2.40. The average molecular weight is 369 g/mol. The first-order chi connectivity index (χ1) is 12.1. The van der Waals surface area contributed by atoms with Crippen LogP contribution in [-0.4, -0.2) is 24.1 Å². The van der Waals surface area contributed by atoms with Crippen LogP contribution < -0.4 is 0 Å². The predicted molar refractivity (Wildman–Crippen MR) is 105 cm³/mol. The van der Waals surface area contributed by atoms with Gasteiger partial charge in [0.2, 0.25) is 0 Å². The van der Waals surface area contributed by atoms with Crippen molar-refractivity contribution in [1.29, 1.82) is 0 Å². The summed E-state index contributed by atoms with van der Waals surface area (Å²) in [5, 5.41) is 0. The fraction of sp³-hybridized carbons (Fsp3) is 0.909. The minimum atomic E-state index is -0.365. The Hall–Kier alpha value is -1.06. The number of carbonyl (C=O) groups excluding carboxylic acids is 2. The van der Waals surface area contributed by atoms with E-state index in [9.17, 15) is 9.59 Å². The minimum absolute atomic E-state index is 0.111. The first-order valence-corrected chi connectivity index (χ1v) is 10.5. The SMILES string of the molecule is CC(C)C(OC(=O)C1CCCCC1C(=O)OC(C(C)C)C(C)C)C(C)C. The number of esters is 2. The summed E-state index contributed by atoms with van der Waals surface area (Å²) in [6.45, 7) is 16.6. The topological polar surface area (TPSA) is 52.6 Å². The van der Waals surface area contributed by atoms with Crippen LogP contribution >= 0.6 is 0 Å². The van der Waals surface area contributed by atoms with Crippen LogP contribution in [0.1, 0.15) is 81.1 Å². The molecule has 0 amide bonds. The van der Waals surface area contributed by atoms with Crippen molar-refractivity contribution >= 4 is 11.9 Å². The molecule has 0 saturated heterocycles. The molecule has 1 aliphatic rings. The van der Waals surface area contributed by atoms with E-state index in [1.807, 2.05) is 0 Å². The Kier molecular flexibility index (Phi) is 9.12. The highest BCUT2D eigenvalue weighted by atomic mass is 16.6. The van der Waals surface area contributed by atoms with E-state index >= 15 is 0 Å². The first kappa shape index (κ1) is 23.0. The maximum absolute atomic E-state index is 12.9. The quantitative estimate of drug-likeness (QED) is 0.550. The largest absolute Gasteiger partial charge is 0.462 e. The van der Waals surface area contributed by atoms with Gasteiger partial charge in [0.15, 0.2) is 0 Å². The molecule has 1 rings (SSSR count). The molecule has 0 radical (unpaired) electrons. The molecule has 0 aliphatic heterocycles. The Morgan fingerprint density at radius 1 is 0.615 bits per heavy atom. The molecule has 1 aliphatic carbocycles. The van der Waals surface area contributed by atoms with Crippen molar-refractivity contribution < 1.29 is 19.1 Å². The molecular formula is C22H40O4. The normalized spacial score (nSPS) is 21.3. The smallest absolute Gasteiger partial charge is 0.310 e. The lowest BCUT2D eigenvalue weighted by atomic mass is 9.79. The molecule has 152 valence electrons. The van der Waals surface area contributed by atoms with E-state index in [1.54, 1.807) is 0 Å². The van der Waals surface area contributed by atoms with Crippen molar-refractivity contribution in [2.75, 3.05) is 0 Å². The molecule has 4 heteroatoms. The summed E-state index contributed by atoms with van der Waals surface area (Å²) in [4.78, 5) is 25.7. The van der Waals surface area contributed by atoms with Gasteiger partial charge in [-0.25, -0.2) is 0 Å². The third kappa shape index (κ3) is 6.28. The van der Waals surface area contributed by atoms with E-state index in [4.69, 9.17) is 9.47 Å². The standard InChI is InChI=1S/C22H40O4/c1-13(2)19(14(3)4)25-21(23)17-11-9-10-12-18(17)22(24)26-20(15(5)6)16(7)8/h13-20H,9-12H2,1-8H3. The molecule has 2 unspecified atom stereocenters. The highest BCUT2D eigenvalue weighted by molar-refractivity contribution is 5.82. The summed E-state index contributed by atoms with van der Waals surface area (Å²) in [7, 11) is 0. The highest BCUT2D eigenvalue weighted by Crippen LogP contribution is 2.34. The second kappa shape index (κ2) is 10.3. The van der Waals surface area contributed by atoms with Gasteiger partial charge in [0, 0.05) is 0 Å². The van der Waals surface area contributed by atoms with Crippen molar-refractivity contribution in [1.82, 2.24) is 0 Å². The van der Waals surface area contributed by atoms with Gasteiger partial charge in [-0.1, -0.05) is 68.2 Å². The molecule has 2 atom stereocenters. The molecule has 0 aromatic heterocycles. The van der Waals surface area contributed by atoms with E-state index in [0.717, 1.165) is 25.7 Å². The zero-order chi connectivity index (χ0) is 20.0. The molecule has 0 aromatic rings. The molecular weight excluding hydrogens is 328 g/mol. The van der Waals surface area contributed by atoms with Crippen molar-refractivity contribution in [2.45, 2.75) is 93.3 Å². The Bertz CT molecular complexity index is 395. The van der Waals surface area contributed by atoms with Crippen molar-refractivity contribution in [3.63, 3.8) is 0 Å². The minimum Gasteiger partial charge on any atom is -0.462 e. The van der Waals surface area contributed by atoms with Crippen LogP contribution in [0.3, 0.4) is 0 Å². The molecule has 1 saturated carbocycles. The van der Waals surface area contributed by atoms with Crippen molar-refractivity contribution in [3.8, 4) is 0 Å². The van der Waals surface area contributed by atoms with Gasteiger partial charge in [0.25, 0.3) is 0 Å². The molecule has 4 nitrogen and oxygen atoms in total. The van der Waals surface area contributed by atoms with Crippen LogP contribution in [0, 0.1) is 35.5 Å². The van der Waals surface area contributed by atoms with Gasteiger partial charge >= 0.3 is 11.9 Å². The number of carbonyl (C=O) groups is 2. The third-order valence-electron chi connectivity index (χ3n) is 5.50. The maximum atomic E-state index is 12.9. The van der Waals surface area contributed by atoms with Crippen LogP contribution in [0.15, 0.2) is 0 Å². The second-order valence-electron chi connectivity index (χ2n) is 9.28. The fourth-order valence-electron chi connectivity index (χ4n) is 4.22. The molecule has 0 N–H and O–H groups in total. The van der Waals surface area contributed by atoms with Crippen LogP contribution in [0.4, 0.5) is 0 Å². The average Bonchev–Trinajstić information content (AvgIpc) is 2.55. The summed E-state index contributed by atoms with van der Waals surface area (Å²) < 4.78 is 11.7. The molecule has 0 aromatic carbocycles. The van der Waals surface area contributed by atoms with Crippen LogP contribution in [0.5, 0.6) is 0 Å². The van der Waals surface area contributed by atoms with Gasteiger partial charge in [-0.05, 0) is 36.5 Å². The lowest BCUT2D eigenvalue weighted by Gasteiger charge is -2.34. The number of ether oxygens (including phenoxy) is 2. The number of rotatable bonds is 8. The Morgan fingerprint density at radius 3 is 1.12 bits per heavy atom. The van der Waals surface area contributed by atoms with E-state index in [-0.39, 0.29) is 59.7 Å². The zero-order valence-corrected chi connectivity index (χ0v) is 18.1. The summed E-state index contributed by atoms with van der Waals surface area (Å²) >= 11 is 0. The predicted octanol–water partition coefficient (Wildman–Crippen LogP) is 5.24. The van der Waals surface area contributed by atoms with E-state index < -0.39 is 0 Å². The van der Waals surface area contributed by atoms with Gasteiger partial charge in [-0.15, -0.1) is 0 Å². The summed E-state index contributed by atoms with van der Waals surface area (Å²) in [5.41, 5.74) is 0. The van der Waals surface area contributed by atoms with E-state index in [2.05, 4.69) is 55.4 Å². The van der Waals surface area contributed by atoms with Crippen LogP contribution in [0.25, 0.3) is 0 Å².